The first-order valence-corrected chi connectivity index (χ1v) is 5.63. The van der Waals surface area contributed by atoms with Crippen LogP contribution in [0.25, 0.3) is 11.0 Å². The van der Waals surface area contributed by atoms with Gasteiger partial charge in [0, 0.05) is 6.92 Å². The first-order chi connectivity index (χ1) is 8.24. The van der Waals surface area contributed by atoms with Gasteiger partial charge in [-0.15, -0.1) is 5.10 Å². The Morgan fingerprint density at radius 1 is 1.41 bits per heavy atom. The van der Waals surface area contributed by atoms with E-state index in [-0.39, 0.29) is 5.97 Å². The van der Waals surface area contributed by atoms with Crippen LogP contribution in [0.15, 0.2) is 24.3 Å². The number of H-pyrrole nitrogens is 1. The summed E-state index contributed by atoms with van der Waals surface area (Å²) in [6.45, 7) is 4.06. The molecule has 17 heavy (non-hydrogen) atoms. The predicted octanol–water partition coefficient (Wildman–Crippen LogP) is 2.31. The number of carbonyl (C=O) groups is 1. The number of para-hydroxylation sites is 1. The third-order valence-electron chi connectivity index (χ3n) is 2.04. The summed E-state index contributed by atoms with van der Waals surface area (Å²) >= 11 is 0. The van der Waals surface area contributed by atoms with Crippen LogP contribution in [0.1, 0.15) is 26.7 Å². The zero-order valence-electron chi connectivity index (χ0n) is 10.1. The van der Waals surface area contributed by atoms with Gasteiger partial charge in [0.15, 0.2) is 0 Å². The number of aromatic nitrogens is 3. The lowest BCUT2D eigenvalue weighted by Crippen LogP contribution is -1.99. The average Bonchev–Trinajstić information content (AvgIpc) is 2.78. The molecule has 0 fully saturated rings. The first kappa shape index (κ1) is 13.2. The van der Waals surface area contributed by atoms with E-state index in [1.54, 1.807) is 0 Å². The van der Waals surface area contributed by atoms with Gasteiger partial charge in [0.05, 0.1) is 12.1 Å². The van der Waals surface area contributed by atoms with Crippen molar-refractivity contribution >= 4 is 17.0 Å². The molecule has 0 aliphatic carbocycles. The average molecular weight is 235 g/mol. The number of hydrogen-bond acceptors (Lipinski definition) is 4. The Hall–Kier alpha value is -1.91. The Balaban J connectivity index is 0.000000172. The standard InChI is InChI=1S/C6H5N3.C6H12O2/c1-2-4-6-5(3-1)7-9-8-6;1-3-4-5-8-6(2)7/h1-4H,(H,7,8,9);3-5H2,1-2H3. The number of benzene rings is 1. The van der Waals surface area contributed by atoms with Crippen molar-refractivity contribution in [2.24, 2.45) is 0 Å². The molecule has 1 heterocycles. The number of rotatable bonds is 3. The second kappa shape index (κ2) is 7.38. The number of hydrogen-bond donors (Lipinski definition) is 1. The number of nitrogens with zero attached hydrogens (tertiary/aromatic N) is 2. The van der Waals surface area contributed by atoms with E-state index in [0.29, 0.717) is 6.61 Å². The summed E-state index contributed by atoms with van der Waals surface area (Å²) in [5.74, 6) is -0.182. The zero-order valence-corrected chi connectivity index (χ0v) is 10.1. The fraction of sp³-hybridized carbons (Fsp3) is 0.417. The summed E-state index contributed by atoms with van der Waals surface area (Å²) in [7, 11) is 0. The van der Waals surface area contributed by atoms with Crippen LogP contribution >= 0.6 is 0 Å². The van der Waals surface area contributed by atoms with Gasteiger partial charge in [0.2, 0.25) is 0 Å². The van der Waals surface area contributed by atoms with E-state index >= 15 is 0 Å². The Morgan fingerprint density at radius 2 is 2.18 bits per heavy atom. The first-order valence-electron chi connectivity index (χ1n) is 5.63. The summed E-state index contributed by atoms with van der Waals surface area (Å²) in [6, 6.07) is 7.74. The van der Waals surface area contributed by atoms with Gasteiger partial charge in [-0.25, -0.2) is 0 Å². The van der Waals surface area contributed by atoms with Gasteiger partial charge in [0.25, 0.3) is 0 Å². The fourth-order valence-corrected chi connectivity index (χ4v) is 1.15. The van der Waals surface area contributed by atoms with E-state index in [1.807, 2.05) is 24.3 Å². The maximum absolute atomic E-state index is 10.1. The van der Waals surface area contributed by atoms with E-state index in [9.17, 15) is 4.79 Å². The molecule has 0 atom stereocenters. The van der Waals surface area contributed by atoms with Crippen molar-refractivity contribution in [1.29, 1.82) is 0 Å². The van der Waals surface area contributed by atoms with Crippen molar-refractivity contribution in [2.75, 3.05) is 6.61 Å². The van der Waals surface area contributed by atoms with Crippen molar-refractivity contribution in [2.45, 2.75) is 26.7 Å². The highest BCUT2D eigenvalue weighted by Crippen LogP contribution is 2.03. The molecule has 0 unspecified atom stereocenters. The molecule has 1 aromatic carbocycles. The van der Waals surface area contributed by atoms with Gasteiger partial charge in [-0.1, -0.05) is 30.7 Å². The Labute approximate surface area is 100 Å². The number of nitrogens with one attached hydrogen (secondary N) is 1. The van der Waals surface area contributed by atoms with Crippen LogP contribution in [0.2, 0.25) is 0 Å². The second-order valence-corrected chi connectivity index (χ2v) is 3.52. The summed E-state index contributed by atoms with van der Waals surface area (Å²) < 4.78 is 4.64. The van der Waals surface area contributed by atoms with Crippen molar-refractivity contribution in [3.63, 3.8) is 0 Å². The summed E-state index contributed by atoms with van der Waals surface area (Å²) in [5.41, 5.74) is 1.90. The summed E-state index contributed by atoms with van der Waals surface area (Å²) in [5, 5.41) is 10.2. The van der Waals surface area contributed by atoms with Crippen LogP contribution in [-0.2, 0) is 9.53 Å². The number of ether oxygens (including phenoxy) is 1. The molecule has 0 aliphatic heterocycles. The minimum absolute atomic E-state index is 0.182. The van der Waals surface area contributed by atoms with Crippen LogP contribution in [0, 0.1) is 0 Å². The number of unbranched alkanes of at least 4 members (excludes halogenated alkanes) is 1. The molecule has 5 nitrogen and oxygen atoms in total. The topological polar surface area (TPSA) is 67.9 Å². The number of fused-ring (bicyclic) bond motifs is 1. The largest absolute Gasteiger partial charge is 0.466 e. The molecular weight excluding hydrogens is 218 g/mol. The SMILES string of the molecule is CCCCOC(C)=O.c1ccc2[nH]nnc2c1. The lowest BCUT2D eigenvalue weighted by molar-refractivity contribution is -0.141. The van der Waals surface area contributed by atoms with Crippen LogP contribution in [0.5, 0.6) is 0 Å². The van der Waals surface area contributed by atoms with Gasteiger partial charge in [-0.2, -0.15) is 0 Å². The van der Waals surface area contributed by atoms with Crippen LogP contribution in [-0.4, -0.2) is 28.0 Å². The maximum atomic E-state index is 10.1. The van der Waals surface area contributed by atoms with Crippen molar-refractivity contribution in [3.05, 3.63) is 24.3 Å². The molecule has 0 bridgehead atoms. The predicted molar refractivity (Wildman–Crippen MR) is 65.4 cm³/mol. The third kappa shape index (κ3) is 5.10. The highest BCUT2D eigenvalue weighted by molar-refractivity contribution is 5.72. The molecule has 2 rings (SSSR count). The molecule has 5 heteroatoms. The maximum Gasteiger partial charge on any atom is 0.302 e. The molecule has 0 spiro atoms. The normalized spacial score (nSPS) is 9.53. The van der Waals surface area contributed by atoms with Crippen LogP contribution < -0.4 is 0 Å². The number of esters is 1. The number of aromatic amines is 1. The minimum Gasteiger partial charge on any atom is -0.466 e. The van der Waals surface area contributed by atoms with Gasteiger partial charge in [-0.3, -0.25) is 9.89 Å². The highest BCUT2D eigenvalue weighted by atomic mass is 16.5. The second-order valence-electron chi connectivity index (χ2n) is 3.52. The van der Waals surface area contributed by atoms with Crippen molar-refractivity contribution in [1.82, 2.24) is 15.4 Å². The smallest absolute Gasteiger partial charge is 0.302 e. The molecule has 92 valence electrons. The Morgan fingerprint density at radius 3 is 2.82 bits per heavy atom. The molecule has 1 N–H and O–H groups in total. The van der Waals surface area contributed by atoms with Crippen LogP contribution in [0.4, 0.5) is 0 Å². The van der Waals surface area contributed by atoms with Gasteiger partial charge in [-0.05, 0) is 18.6 Å². The van der Waals surface area contributed by atoms with Gasteiger partial charge in [0.1, 0.15) is 5.52 Å². The molecule has 0 radical (unpaired) electrons. The Kier molecular flexibility index (Phi) is 5.71. The fourth-order valence-electron chi connectivity index (χ4n) is 1.15. The molecule has 0 saturated carbocycles. The lowest BCUT2D eigenvalue weighted by atomic mass is 10.3. The van der Waals surface area contributed by atoms with Gasteiger partial charge < -0.3 is 4.74 Å². The zero-order chi connectivity index (χ0) is 12.5. The quantitative estimate of drug-likeness (QED) is 0.654. The van der Waals surface area contributed by atoms with E-state index < -0.39 is 0 Å². The Bertz CT molecular complexity index is 423. The van der Waals surface area contributed by atoms with Gasteiger partial charge >= 0.3 is 5.97 Å². The van der Waals surface area contributed by atoms with E-state index in [0.717, 1.165) is 23.9 Å². The molecule has 0 amide bonds. The van der Waals surface area contributed by atoms with Crippen molar-refractivity contribution < 1.29 is 9.53 Å². The lowest BCUT2D eigenvalue weighted by Gasteiger charge is -1.96. The monoisotopic (exact) mass is 235 g/mol. The summed E-state index contributed by atoms with van der Waals surface area (Å²) in [4.78, 5) is 10.1. The molecule has 2 aromatic rings. The summed E-state index contributed by atoms with van der Waals surface area (Å²) in [6.07, 6.45) is 2.05. The van der Waals surface area contributed by atoms with E-state index in [4.69, 9.17) is 0 Å². The van der Waals surface area contributed by atoms with E-state index in [2.05, 4.69) is 27.1 Å². The van der Waals surface area contributed by atoms with Crippen LogP contribution in [0.3, 0.4) is 0 Å². The molecular formula is C12H17N3O2. The molecule has 0 aliphatic rings. The molecule has 0 saturated heterocycles. The minimum atomic E-state index is -0.182. The van der Waals surface area contributed by atoms with E-state index in [1.165, 1.54) is 6.92 Å². The highest BCUT2D eigenvalue weighted by Gasteiger charge is 1.90. The third-order valence-corrected chi connectivity index (χ3v) is 2.04. The molecule has 1 aromatic heterocycles. The van der Waals surface area contributed by atoms with Crippen molar-refractivity contribution in [3.8, 4) is 0 Å². The number of carbonyl (C=O) groups excluding carboxylic acids is 1.